The fraction of sp³-hybridized carbons (Fsp3) is 0.611. The second kappa shape index (κ2) is 10.0. The maximum absolute atomic E-state index is 10.2. The number of thioether (sulfide) groups is 1. The predicted octanol–water partition coefficient (Wildman–Crippen LogP) is 2.46. The molecule has 7 heteroatoms. The molecule has 0 radical (unpaired) electrons. The van der Waals surface area contributed by atoms with Gasteiger partial charge >= 0.3 is 0 Å². The van der Waals surface area contributed by atoms with Gasteiger partial charge in [-0.15, -0.1) is 11.8 Å². The molecule has 0 aromatic heterocycles. The quantitative estimate of drug-likeness (QED) is 0.583. The normalized spacial score (nSPS) is 16.0. The van der Waals surface area contributed by atoms with Gasteiger partial charge < -0.3 is 24.4 Å². The van der Waals surface area contributed by atoms with Crippen molar-refractivity contribution >= 4 is 16.8 Å². The Morgan fingerprint density at radius 2 is 1.84 bits per heavy atom. The monoisotopic (exact) mass is 369 g/mol. The fourth-order valence-electron chi connectivity index (χ4n) is 2.21. The molecule has 0 spiro atoms. The lowest BCUT2D eigenvalue weighted by atomic mass is 10.1. The van der Waals surface area contributed by atoms with Gasteiger partial charge in [0.15, 0.2) is 0 Å². The lowest BCUT2D eigenvalue weighted by Gasteiger charge is -2.10. The van der Waals surface area contributed by atoms with E-state index in [0.29, 0.717) is 45.2 Å². The summed E-state index contributed by atoms with van der Waals surface area (Å²) in [6.07, 6.45) is 0.644. The number of aromatic hydroxyl groups is 1. The Balaban J connectivity index is 1.69. The van der Waals surface area contributed by atoms with Crippen molar-refractivity contribution in [2.45, 2.75) is 25.8 Å². The van der Waals surface area contributed by atoms with Crippen molar-refractivity contribution in [3.8, 4) is 11.5 Å². The molecule has 25 heavy (non-hydrogen) atoms. The van der Waals surface area contributed by atoms with Gasteiger partial charge in [-0.2, -0.15) is 0 Å². The second-order valence-electron chi connectivity index (χ2n) is 6.35. The first kappa shape index (κ1) is 20.0. The first-order valence-corrected chi connectivity index (χ1v) is 9.45. The minimum atomic E-state index is -0.0826. The summed E-state index contributed by atoms with van der Waals surface area (Å²) in [6, 6.07) is 5.29. The number of hydrogen-bond donors (Lipinski definition) is 2. The number of aliphatic hydroxyl groups excluding tert-OH is 1. The molecule has 2 N–H and O–H groups in total. The Bertz CT molecular complexity index is 577. The fourth-order valence-corrected chi connectivity index (χ4v) is 3.41. The van der Waals surface area contributed by atoms with Crippen molar-refractivity contribution in [1.82, 2.24) is 0 Å². The maximum atomic E-state index is 10.2. The Kier molecular flexibility index (Phi) is 8.02. The molecule has 0 aliphatic carbocycles. The van der Waals surface area contributed by atoms with Crippen LogP contribution < -0.4 is 4.74 Å². The molecule has 0 unspecified atom stereocenters. The molecular weight excluding hydrogens is 342 g/mol. The van der Waals surface area contributed by atoms with E-state index in [-0.39, 0.29) is 17.9 Å². The summed E-state index contributed by atoms with van der Waals surface area (Å²) in [5, 5.41) is 19.7. The van der Waals surface area contributed by atoms with Gasteiger partial charge in [-0.05, 0) is 32.4 Å². The highest BCUT2D eigenvalue weighted by Gasteiger charge is 2.27. The third-order valence-corrected chi connectivity index (χ3v) is 4.92. The van der Waals surface area contributed by atoms with Gasteiger partial charge in [-0.25, -0.2) is 0 Å². The number of phenols is 1. The van der Waals surface area contributed by atoms with E-state index in [9.17, 15) is 5.11 Å². The molecule has 0 atom stereocenters. The average molecular weight is 369 g/mol. The van der Waals surface area contributed by atoms with E-state index in [2.05, 4.69) is 18.8 Å². The third kappa shape index (κ3) is 6.86. The van der Waals surface area contributed by atoms with E-state index in [1.54, 1.807) is 17.8 Å². The van der Waals surface area contributed by atoms with Gasteiger partial charge in [0.25, 0.3) is 0 Å². The summed E-state index contributed by atoms with van der Waals surface area (Å²) < 4.78 is 16.2. The smallest absolute Gasteiger partial charge is 0.129 e. The minimum Gasteiger partial charge on any atom is -0.507 e. The van der Waals surface area contributed by atoms with Crippen LogP contribution >= 0.6 is 11.8 Å². The molecule has 1 heterocycles. The van der Waals surface area contributed by atoms with Crippen LogP contribution in [0.5, 0.6) is 11.5 Å². The summed E-state index contributed by atoms with van der Waals surface area (Å²) in [5.74, 6) is 1.70. The molecule has 0 saturated heterocycles. The number of aliphatic hydroxyl groups is 1. The first-order chi connectivity index (χ1) is 12.0. The summed E-state index contributed by atoms with van der Waals surface area (Å²) in [4.78, 5) is 4.64. The number of rotatable bonds is 11. The third-order valence-electron chi connectivity index (χ3n) is 3.48. The van der Waals surface area contributed by atoms with Gasteiger partial charge in [0, 0.05) is 30.6 Å². The van der Waals surface area contributed by atoms with Gasteiger partial charge in [0.05, 0.1) is 25.4 Å². The second-order valence-corrected chi connectivity index (χ2v) is 7.31. The molecule has 140 valence electrons. The average Bonchev–Trinajstić information content (AvgIpc) is 2.93. The van der Waals surface area contributed by atoms with Crippen LogP contribution in [0.25, 0.3) is 0 Å². The molecule has 1 aromatic carbocycles. The topological polar surface area (TPSA) is 80.5 Å². The molecule has 2 rings (SSSR count). The summed E-state index contributed by atoms with van der Waals surface area (Å²) >= 11 is 1.66. The van der Waals surface area contributed by atoms with Gasteiger partial charge in [-0.3, -0.25) is 4.99 Å². The lowest BCUT2D eigenvalue weighted by Crippen LogP contribution is -2.15. The number of ether oxygens (including phenoxy) is 3. The molecule has 0 bridgehead atoms. The molecular formula is C18H27NO5S. The molecule has 1 aromatic rings. The van der Waals surface area contributed by atoms with E-state index >= 15 is 0 Å². The molecule has 6 nitrogen and oxygen atoms in total. The van der Waals surface area contributed by atoms with Crippen LogP contribution in [0.2, 0.25) is 0 Å². The Hall–Kier alpha value is -1.28. The molecule has 1 aliphatic heterocycles. The van der Waals surface area contributed by atoms with E-state index in [0.717, 1.165) is 16.4 Å². The van der Waals surface area contributed by atoms with Crippen molar-refractivity contribution < 1.29 is 24.4 Å². The highest BCUT2D eigenvalue weighted by Crippen LogP contribution is 2.34. The highest BCUT2D eigenvalue weighted by atomic mass is 32.2. The number of nitrogens with zero attached hydrogens (tertiary/aromatic N) is 1. The Labute approximate surface area is 153 Å². The van der Waals surface area contributed by atoms with E-state index in [1.807, 2.05) is 12.1 Å². The van der Waals surface area contributed by atoms with Crippen molar-refractivity contribution in [2.24, 2.45) is 4.99 Å². The maximum Gasteiger partial charge on any atom is 0.129 e. The van der Waals surface area contributed by atoms with Gasteiger partial charge in [0.1, 0.15) is 23.1 Å². The first-order valence-electron chi connectivity index (χ1n) is 8.47. The van der Waals surface area contributed by atoms with Crippen molar-refractivity contribution in [1.29, 1.82) is 0 Å². The standard InChI is InChI=1S/C18H27NO5S/c1-18(2)13-25-17(19-18)15-5-4-14(12-16(15)21)24-11-10-23-9-8-22-7-3-6-20/h4-5,12,20-21H,3,6-11,13H2,1-2H3. The Morgan fingerprint density at radius 1 is 1.12 bits per heavy atom. The zero-order chi connectivity index (χ0) is 18.1. The van der Waals surface area contributed by atoms with Crippen LogP contribution in [0.3, 0.4) is 0 Å². The molecule has 0 saturated carbocycles. The number of aliphatic imine (C=N–C) groups is 1. The van der Waals surface area contributed by atoms with Crippen molar-refractivity contribution in [3.05, 3.63) is 23.8 Å². The Morgan fingerprint density at radius 3 is 2.48 bits per heavy atom. The highest BCUT2D eigenvalue weighted by molar-refractivity contribution is 8.14. The summed E-state index contributed by atoms with van der Waals surface area (Å²) in [7, 11) is 0. The summed E-state index contributed by atoms with van der Waals surface area (Å²) in [6.45, 7) is 6.70. The van der Waals surface area contributed by atoms with Crippen LogP contribution in [0, 0.1) is 0 Å². The molecule has 0 amide bonds. The van der Waals surface area contributed by atoms with Crippen LogP contribution in [0.15, 0.2) is 23.2 Å². The van der Waals surface area contributed by atoms with E-state index in [4.69, 9.17) is 19.3 Å². The van der Waals surface area contributed by atoms with Crippen LogP contribution in [0.4, 0.5) is 0 Å². The molecule has 0 fully saturated rings. The number of phenolic OH excluding ortho intramolecular Hbond substituents is 1. The minimum absolute atomic E-state index is 0.0826. The zero-order valence-corrected chi connectivity index (χ0v) is 15.7. The van der Waals surface area contributed by atoms with E-state index < -0.39 is 0 Å². The van der Waals surface area contributed by atoms with Gasteiger partial charge in [0.2, 0.25) is 0 Å². The molecule has 1 aliphatic rings. The zero-order valence-electron chi connectivity index (χ0n) is 14.9. The lowest BCUT2D eigenvalue weighted by molar-refractivity contribution is 0.0324. The number of hydrogen-bond acceptors (Lipinski definition) is 7. The predicted molar refractivity (Wildman–Crippen MR) is 100 cm³/mol. The van der Waals surface area contributed by atoms with Crippen LogP contribution in [-0.4, -0.2) is 66.2 Å². The van der Waals surface area contributed by atoms with Crippen molar-refractivity contribution in [3.63, 3.8) is 0 Å². The van der Waals surface area contributed by atoms with Crippen LogP contribution in [-0.2, 0) is 9.47 Å². The number of benzene rings is 1. The van der Waals surface area contributed by atoms with E-state index in [1.165, 1.54) is 0 Å². The van der Waals surface area contributed by atoms with Crippen molar-refractivity contribution in [2.75, 3.05) is 45.4 Å². The van der Waals surface area contributed by atoms with Crippen LogP contribution in [0.1, 0.15) is 25.8 Å². The SMILES string of the molecule is CC1(C)CSC(c2ccc(OCCOCCOCCCO)cc2O)=N1. The largest absolute Gasteiger partial charge is 0.507 e. The van der Waals surface area contributed by atoms with Gasteiger partial charge in [-0.1, -0.05) is 0 Å². The summed E-state index contributed by atoms with van der Waals surface area (Å²) in [5.41, 5.74) is 0.667.